The molecule has 3 aromatic rings. The van der Waals surface area contributed by atoms with Crippen molar-refractivity contribution >= 4 is 40.3 Å². The summed E-state index contributed by atoms with van der Waals surface area (Å²) in [4.78, 5) is 15.3. The average Bonchev–Trinajstić information content (AvgIpc) is 3.53. The Labute approximate surface area is 194 Å². The van der Waals surface area contributed by atoms with Gasteiger partial charge in [-0.25, -0.2) is 9.07 Å². The van der Waals surface area contributed by atoms with E-state index < -0.39 is 0 Å². The first-order valence-corrected chi connectivity index (χ1v) is 11.6. The normalized spacial score (nSPS) is 20.0. The smallest absolute Gasteiger partial charge is 0.266 e. The standard InChI is InChI=1S/C24H20FN3O2S2/c25-18-10-8-16(9-11-18)22-17(14-28(26-22)19-5-2-1-3-6-19)13-21-23(29)27(24(31)32-21)15-20-7-4-12-30-20/h1-3,5-6,8-11,13-14,20H,4,7,12,15H2. The molecule has 2 saturated heterocycles. The summed E-state index contributed by atoms with van der Waals surface area (Å²) in [6.45, 7) is 1.21. The largest absolute Gasteiger partial charge is 0.376 e. The molecule has 32 heavy (non-hydrogen) atoms. The molecule has 1 unspecified atom stereocenters. The Balaban J connectivity index is 1.51. The van der Waals surface area contributed by atoms with E-state index >= 15 is 0 Å². The summed E-state index contributed by atoms with van der Waals surface area (Å²) in [7, 11) is 0. The molecule has 2 aliphatic heterocycles. The molecule has 162 valence electrons. The number of carbonyl (C=O) groups excluding carboxylic acids is 1. The number of ether oxygens (including phenoxy) is 1. The Morgan fingerprint density at radius 3 is 2.69 bits per heavy atom. The number of rotatable bonds is 5. The van der Waals surface area contributed by atoms with Crippen LogP contribution in [0.15, 0.2) is 65.7 Å². The Kier molecular flexibility index (Phi) is 5.91. The lowest BCUT2D eigenvalue weighted by molar-refractivity contribution is -0.123. The number of carbonyl (C=O) groups is 1. The van der Waals surface area contributed by atoms with Crippen molar-refractivity contribution in [1.82, 2.24) is 14.7 Å². The summed E-state index contributed by atoms with van der Waals surface area (Å²) in [6.07, 6.45) is 5.68. The molecule has 2 aromatic carbocycles. The SMILES string of the molecule is O=C1C(=Cc2cn(-c3ccccc3)nc2-c2ccc(F)cc2)SC(=S)N1CC1CCCO1. The molecule has 3 heterocycles. The van der Waals surface area contributed by atoms with Crippen molar-refractivity contribution in [3.05, 3.63) is 77.1 Å². The molecule has 0 bridgehead atoms. The van der Waals surface area contributed by atoms with Crippen LogP contribution in [0.5, 0.6) is 0 Å². The highest BCUT2D eigenvalue weighted by Crippen LogP contribution is 2.35. The second-order valence-corrected chi connectivity index (χ2v) is 9.32. The van der Waals surface area contributed by atoms with E-state index in [2.05, 4.69) is 0 Å². The summed E-state index contributed by atoms with van der Waals surface area (Å²) >= 11 is 6.76. The second-order valence-electron chi connectivity index (χ2n) is 7.65. The van der Waals surface area contributed by atoms with Crippen molar-refractivity contribution in [3.63, 3.8) is 0 Å². The van der Waals surface area contributed by atoms with Crippen molar-refractivity contribution in [3.8, 4) is 16.9 Å². The molecule has 1 aromatic heterocycles. The van der Waals surface area contributed by atoms with Crippen LogP contribution in [0.1, 0.15) is 18.4 Å². The molecular formula is C24H20FN3O2S2. The van der Waals surface area contributed by atoms with Gasteiger partial charge in [-0.2, -0.15) is 5.10 Å². The zero-order valence-corrected chi connectivity index (χ0v) is 18.7. The molecule has 1 atom stereocenters. The van der Waals surface area contributed by atoms with Crippen LogP contribution in [-0.2, 0) is 9.53 Å². The van der Waals surface area contributed by atoms with E-state index in [1.165, 1.54) is 23.9 Å². The zero-order valence-electron chi connectivity index (χ0n) is 17.1. The van der Waals surface area contributed by atoms with Crippen LogP contribution >= 0.6 is 24.0 Å². The van der Waals surface area contributed by atoms with E-state index in [4.69, 9.17) is 22.1 Å². The predicted octanol–water partition coefficient (Wildman–Crippen LogP) is 5.06. The van der Waals surface area contributed by atoms with Crippen LogP contribution in [0.4, 0.5) is 4.39 Å². The predicted molar refractivity (Wildman–Crippen MR) is 128 cm³/mol. The van der Waals surface area contributed by atoms with Crippen LogP contribution in [0.25, 0.3) is 23.0 Å². The van der Waals surface area contributed by atoms with Crippen molar-refractivity contribution in [1.29, 1.82) is 0 Å². The van der Waals surface area contributed by atoms with E-state index in [1.54, 1.807) is 21.7 Å². The summed E-state index contributed by atoms with van der Waals surface area (Å²) in [5.74, 6) is -0.430. The number of hydrogen-bond donors (Lipinski definition) is 0. The summed E-state index contributed by atoms with van der Waals surface area (Å²) in [6, 6.07) is 15.9. The lowest BCUT2D eigenvalue weighted by Crippen LogP contribution is -2.35. The topological polar surface area (TPSA) is 47.4 Å². The fraction of sp³-hybridized carbons (Fsp3) is 0.208. The van der Waals surface area contributed by atoms with Gasteiger partial charge in [0.25, 0.3) is 5.91 Å². The lowest BCUT2D eigenvalue weighted by Gasteiger charge is -2.18. The van der Waals surface area contributed by atoms with Gasteiger partial charge in [-0.3, -0.25) is 9.69 Å². The first-order valence-electron chi connectivity index (χ1n) is 10.4. The van der Waals surface area contributed by atoms with Crippen molar-refractivity contribution in [2.45, 2.75) is 18.9 Å². The van der Waals surface area contributed by atoms with Crippen LogP contribution in [0.2, 0.25) is 0 Å². The first kappa shape index (κ1) is 21.1. The maximum Gasteiger partial charge on any atom is 0.266 e. The number of nitrogens with zero attached hydrogens (tertiary/aromatic N) is 3. The second kappa shape index (κ2) is 8.97. The van der Waals surface area contributed by atoms with Crippen LogP contribution in [0, 0.1) is 5.82 Å². The third kappa shape index (κ3) is 4.26. The number of halogens is 1. The fourth-order valence-corrected chi connectivity index (χ4v) is 5.09. The first-order chi connectivity index (χ1) is 15.6. The highest BCUT2D eigenvalue weighted by atomic mass is 32.2. The van der Waals surface area contributed by atoms with Crippen molar-refractivity contribution in [2.24, 2.45) is 0 Å². The van der Waals surface area contributed by atoms with Gasteiger partial charge in [0.1, 0.15) is 10.1 Å². The maximum absolute atomic E-state index is 13.5. The van der Waals surface area contributed by atoms with Crippen LogP contribution in [-0.4, -0.2) is 44.2 Å². The van der Waals surface area contributed by atoms with Gasteiger partial charge in [-0.1, -0.05) is 42.2 Å². The maximum atomic E-state index is 13.5. The quantitative estimate of drug-likeness (QED) is 0.389. The number of thioether (sulfide) groups is 1. The molecule has 8 heteroatoms. The Hall–Kier alpha value is -2.81. The summed E-state index contributed by atoms with van der Waals surface area (Å²) in [5.41, 5.74) is 3.08. The number of aromatic nitrogens is 2. The molecular weight excluding hydrogens is 445 g/mol. The molecule has 2 aliphatic rings. The number of hydrogen-bond acceptors (Lipinski definition) is 5. The monoisotopic (exact) mass is 465 g/mol. The molecule has 0 radical (unpaired) electrons. The minimum absolute atomic E-state index is 0.0347. The van der Waals surface area contributed by atoms with E-state index in [0.29, 0.717) is 21.5 Å². The number of para-hydroxylation sites is 1. The highest BCUT2D eigenvalue weighted by Gasteiger charge is 2.35. The van der Waals surface area contributed by atoms with E-state index in [-0.39, 0.29) is 17.8 Å². The molecule has 0 aliphatic carbocycles. The minimum atomic E-state index is -0.312. The summed E-state index contributed by atoms with van der Waals surface area (Å²) in [5, 5.41) is 4.73. The van der Waals surface area contributed by atoms with Gasteiger partial charge >= 0.3 is 0 Å². The van der Waals surface area contributed by atoms with Crippen molar-refractivity contribution < 1.29 is 13.9 Å². The molecule has 5 nitrogen and oxygen atoms in total. The van der Waals surface area contributed by atoms with Gasteiger partial charge in [0.15, 0.2) is 0 Å². The summed E-state index contributed by atoms with van der Waals surface area (Å²) < 4.78 is 21.5. The number of benzene rings is 2. The zero-order chi connectivity index (χ0) is 22.1. The minimum Gasteiger partial charge on any atom is -0.376 e. The third-order valence-electron chi connectivity index (χ3n) is 5.45. The van der Waals surface area contributed by atoms with E-state index in [1.807, 2.05) is 42.6 Å². The molecule has 2 fully saturated rings. The Morgan fingerprint density at radius 1 is 1.19 bits per heavy atom. The van der Waals surface area contributed by atoms with E-state index in [9.17, 15) is 9.18 Å². The third-order valence-corrected chi connectivity index (χ3v) is 6.83. The van der Waals surface area contributed by atoms with Gasteiger partial charge in [0.2, 0.25) is 0 Å². The molecule has 0 saturated carbocycles. The Morgan fingerprint density at radius 2 is 1.97 bits per heavy atom. The lowest BCUT2D eigenvalue weighted by atomic mass is 10.1. The van der Waals surface area contributed by atoms with Gasteiger partial charge < -0.3 is 4.74 Å². The van der Waals surface area contributed by atoms with E-state index in [0.717, 1.165) is 36.3 Å². The highest BCUT2D eigenvalue weighted by molar-refractivity contribution is 8.26. The van der Waals surface area contributed by atoms with Gasteiger partial charge in [-0.15, -0.1) is 0 Å². The van der Waals surface area contributed by atoms with Gasteiger partial charge in [0, 0.05) is 23.9 Å². The van der Waals surface area contributed by atoms with Crippen LogP contribution in [0.3, 0.4) is 0 Å². The van der Waals surface area contributed by atoms with Gasteiger partial charge in [-0.05, 0) is 55.3 Å². The molecule has 0 N–H and O–H groups in total. The number of thiocarbonyl (C=S) groups is 1. The van der Waals surface area contributed by atoms with Gasteiger partial charge in [0.05, 0.1) is 28.9 Å². The fourth-order valence-electron chi connectivity index (χ4n) is 3.83. The molecule has 1 amide bonds. The van der Waals surface area contributed by atoms with Crippen molar-refractivity contribution in [2.75, 3.05) is 13.2 Å². The molecule has 5 rings (SSSR count). The Bertz CT molecular complexity index is 1190. The molecule has 0 spiro atoms. The number of amides is 1. The van der Waals surface area contributed by atoms with Crippen LogP contribution < -0.4 is 0 Å². The average molecular weight is 466 g/mol.